The van der Waals surface area contributed by atoms with Crippen LogP contribution in [0.5, 0.6) is 0 Å². The van der Waals surface area contributed by atoms with Gasteiger partial charge in [0.25, 0.3) is 0 Å². The summed E-state index contributed by atoms with van der Waals surface area (Å²) in [6.45, 7) is 0. The van der Waals surface area contributed by atoms with Crippen molar-refractivity contribution in [3.8, 4) is 33.4 Å². The Morgan fingerprint density at radius 3 is 1.53 bits per heavy atom. The molecular formula is C35H21Br. The van der Waals surface area contributed by atoms with Crippen LogP contribution in [0.2, 0.25) is 0 Å². The third-order valence-corrected chi connectivity index (χ3v) is 8.66. The number of halogens is 1. The second kappa shape index (κ2) is 7.29. The summed E-state index contributed by atoms with van der Waals surface area (Å²) in [5.74, 6) is 0. The van der Waals surface area contributed by atoms with E-state index in [1.54, 1.807) is 0 Å². The molecule has 0 N–H and O–H groups in total. The summed E-state index contributed by atoms with van der Waals surface area (Å²) in [5.41, 5.74) is 13.1. The van der Waals surface area contributed by atoms with E-state index in [0.717, 1.165) is 4.47 Å². The highest BCUT2D eigenvalue weighted by molar-refractivity contribution is 9.10. The Bertz CT molecular complexity index is 1800. The normalized spacial score (nSPS) is 13.9. The zero-order chi connectivity index (χ0) is 23.9. The molecule has 0 bridgehead atoms. The van der Waals surface area contributed by atoms with Crippen molar-refractivity contribution in [1.82, 2.24) is 0 Å². The van der Waals surface area contributed by atoms with Crippen LogP contribution in [0.3, 0.4) is 0 Å². The van der Waals surface area contributed by atoms with Gasteiger partial charge in [0.05, 0.1) is 5.41 Å². The minimum absolute atomic E-state index is 0.291. The average Bonchev–Trinajstić information content (AvgIpc) is 3.39. The van der Waals surface area contributed by atoms with Gasteiger partial charge >= 0.3 is 0 Å². The van der Waals surface area contributed by atoms with Crippen molar-refractivity contribution >= 4 is 26.7 Å². The maximum atomic E-state index is 3.57. The molecule has 0 heterocycles. The van der Waals surface area contributed by atoms with E-state index in [1.807, 2.05) is 0 Å². The highest BCUT2D eigenvalue weighted by Crippen LogP contribution is 2.63. The number of hydrogen-bond donors (Lipinski definition) is 0. The van der Waals surface area contributed by atoms with Crippen molar-refractivity contribution in [2.75, 3.05) is 0 Å². The first kappa shape index (κ1) is 20.3. The van der Waals surface area contributed by atoms with E-state index in [0.29, 0.717) is 0 Å². The highest BCUT2D eigenvalue weighted by Gasteiger charge is 2.51. The maximum Gasteiger partial charge on any atom is 0.0725 e. The second-order valence-electron chi connectivity index (χ2n) is 9.85. The molecular weight excluding hydrogens is 500 g/mol. The first-order valence-electron chi connectivity index (χ1n) is 12.4. The van der Waals surface area contributed by atoms with Gasteiger partial charge in [-0.1, -0.05) is 113 Å². The lowest BCUT2D eigenvalue weighted by atomic mass is 9.70. The first-order valence-corrected chi connectivity index (χ1v) is 13.2. The third kappa shape index (κ3) is 2.54. The summed E-state index contributed by atoms with van der Waals surface area (Å²) in [6, 6.07) is 47.3. The van der Waals surface area contributed by atoms with Crippen LogP contribution < -0.4 is 0 Å². The Kier molecular flexibility index (Phi) is 4.10. The van der Waals surface area contributed by atoms with Crippen molar-refractivity contribution in [3.05, 3.63) is 154 Å². The van der Waals surface area contributed by atoms with E-state index < -0.39 is 0 Å². The molecule has 36 heavy (non-hydrogen) atoms. The number of hydrogen-bond acceptors (Lipinski definition) is 0. The van der Waals surface area contributed by atoms with Gasteiger partial charge in [-0.25, -0.2) is 0 Å². The van der Waals surface area contributed by atoms with Crippen molar-refractivity contribution in [2.45, 2.75) is 5.41 Å². The predicted octanol–water partition coefficient (Wildman–Crippen LogP) is 9.61. The SMILES string of the molecule is Brc1ccc(-c2ccc3cc4c(cc3c2)C2(c3ccccc3-c3ccccc32)c2ccccc2-4)cc1. The molecule has 0 fully saturated rings. The summed E-state index contributed by atoms with van der Waals surface area (Å²) >= 11 is 3.57. The van der Waals surface area contributed by atoms with E-state index >= 15 is 0 Å². The van der Waals surface area contributed by atoms with Crippen LogP contribution in [-0.4, -0.2) is 0 Å². The Hall–Kier alpha value is -3.94. The molecule has 8 rings (SSSR count). The molecule has 0 saturated heterocycles. The van der Waals surface area contributed by atoms with Gasteiger partial charge in [0.1, 0.15) is 0 Å². The molecule has 0 unspecified atom stereocenters. The van der Waals surface area contributed by atoms with Gasteiger partial charge in [-0.15, -0.1) is 0 Å². The summed E-state index contributed by atoms with van der Waals surface area (Å²) < 4.78 is 1.10. The van der Waals surface area contributed by atoms with Gasteiger partial charge < -0.3 is 0 Å². The molecule has 0 atom stereocenters. The van der Waals surface area contributed by atoms with Crippen molar-refractivity contribution < 1.29 is 0 Å². The third-order valence-electron chi connectivity index (χ3n) is 8.13. The standard InChI is InChI=1S/C35H21Br/c36-26-17-15-22(16-18-26)23-13-14-24-20-30-29-9-3-6-12-33(29)35(34(30)21-25(24)19-23)31-10-4-1-7-27(31)28-8-2-5-11-32(28)35/h1-21H. The number of benzene rings is 6. The molecule has 0 aromatic heterocycles. The van der Waals surface area contributed by atoms with Gasteiger partial charge in [-0.05, 0) is 96.7 Å². The van der Waals surface area contributed by atoms with E-state index in [2.05, 4.69) is 143 Å². The lowest BCUT2D eigenvalue weighted by Crippen LogP contribution is -2.25. The molecule has 0 radical (unpaired) electrons. The van der Waals surface area contributed by atoms with Crippen LogP contribution in [-0.2, 0) is 5.41 Å². The molecule has 6 aromatic carbocycles. The van der Waals surface area contributed by atoms with Gasteiger partial charge in [-0.3, -0.25) is 0 Å². The molecule has 2 aliphatic rings. The average molecular weight is 521 g/mol. The van der Waals surface area contributed by atoms with Crippen molar-refractivity contribution in [3.63, 3.8) is 0 Å². The molecule has 0 amide bonds. The predicted molar refractivity (Wildman–Crippen MR) is 153 cm³/mol. The zero-order valence-electron chi connectivity index (χ0n) is 19.5. The van der Waals surface area contributed by atoms with Crippen molar-refractivity contribution in [1.29, 1.82) is 0 Å². The monoisotopic (exact) mass is 520 g/mol. The lowest BCUT2D eigenvalue weighted by Gasteiger charge is -2.30. The fourth-order valence-corrected chi connectivity index (χ4v) is 6.92. The fourth-order valence-electron chi connectivity index (χ4n) is 6.66. The maximum absolute atomic E-state index is 3.57. The number of fused-ring (bicyclic) bond motifs is 11. The quantitative estimate of drug-likeness (QED) is 0.202. The zero-order valence-corrected chi connectivity index (χ0v) is 21.1. The Balaban J connectivity index is 1.47. The van der Waals surface area contributed by atoms with Gasteiger partial charge in [0.2, 0.25) is 0 Å². The molecule has 168 valence electrons. The Morgan fingerprint density at radius 2 is 0.917 bits per heavy atom. The molecule has 1 heteroatoms. The molecule has 2 aliphatic carbocycles. The van der Waals surface area contributed by atoms with Crippen LogP contribution in [0.4, 0.5) is 0 Å². The largest absolute Gasteiger partial charge is 0.0725 e. The number of rotatable bonds is 1. The molecule has 0 saturated carbocycles. The molecule has 1 spiro atoms. The second-order valence-corrected chi connectivity index (χ2v) is 10.8. The summed E-state index contributed by atoms with van der Waals surface area (Å²) in [7, 11) is 0. The molecule has 6 aromatic rings. The van der Waals surface area contributed by atoms with E-state index in [-0.39, 0.29) is 5.41 Å². The van der Waals surface area contributed by atoms with Gasteiger partial charge in [0.15, 0.2) is 0 Å². The minimum atomic E-state index is -0.291. The Labute approximate surface area is 219 Å². The van der Waals surface area contributed by atoms with Crippen LogP contribution in [0.15, 0.2) is 132 Å². The fraction of sp³-hybridized carbons (Fsp3) is 0.0286. The minimum Gasteiger partial charge on any atom is -0.0619 e. The van der Waals surface area contributed by atoms with Crippen molar-refractivity contribution in [2.24, 2.45) is 0 Å². The van der Waals surface area contributed by atoms with Gasteiger partial charge in [0, 0.05) is 4.47 Å². The van der Waals surface area contributed by atoms with Crippen LogP contribution in [0.1, 0.15) is 22.3 Å². The smallest absolute Gasteiger partial charge is 0.0619 e. The van der Waals surface area contributed by atoms with E-state index in [4.69, 9.17) is 0 Å². The van der Waals surface area contributed by atoms with Crippen LogP contribution in [0.25, 0.3) is 44.2 Å². The topological polar surface area (TPSA) is 0 Å². The van der Waals surface area contributed by atoms with Crippen LogP contribution >= 0.6 is 15.9 Å². The van der Waals surface area contributed by atoms with Crippen LogP contribution in [0, 0.1) is 0 Å². The lowest BCUT2D eigenvalue weighted by molar-refractivity contribution is 0.795. The molecule has 0 nitrogen and oxygen atoms in total. The van der Waals surface area contributed by atoms with Gasteiger partial charge in [-0.2, -0.15) is 0 Å². The summed E-state index contributed by atoms with van der Waals surface area (Å²) in [5, 5.41) is 2.56. The first-order chi connectivity index (χ1) is 17.7. The molecule has 0 aliphatic heterocycles. The Morgan fingerprint density at radius 1 is 0.389 bits per heavy atom. The summed E-state index contributed by atoms with van der Waals surface area (Å²) in [4.78, 5) is 0. The van der Waals surface area contributed by atoms with E-state index in [1.165, 1.54) is 66.4 Å². The highest BCUT2D eigenvalue weighted by atomic mass is 79.9. The summed E-state index contributed by atoms with van der Waals surface area (Å²) in [6.07, 6.45) is 0. The van der Waals surface area contributed by atoms with E-state index in [9.17, 15) is 0 Å².